The molecule has 128 valence electrons. The average Bonchev–Trinajstić information content (AvgIpc) is 3.29. The Balaban J connectivity index is 1.77. The van der Waals surface area contributed by atoms with Crippen molar-refractivity contribution in [3.8, 4) is 11.4 Å². The van der Waals surface area contributed by atoms with Gasteiger partial charge in [0.25, 0.3) is 0 Å². The number of amides is 1. The number of hydrogen-bond acceptors (Lipinski definition) is 6. The molecule has 0 spiro atoms. The summed E-state index contributed by atoms with van der Waals surface area (Å²) >= 11 is 1.50. The number of nitrogens with one attached hydrogen (secondary N) is 1. The van der Waals surface area contributed by atoms with Gasteiger partial charge in [-0.15, -0.1) is 10.2 Å². The van der Waals surface area contributed by atoms with Crippen LogP contribution in [0.25, 0.3) is 5.69 Å². The Hall–Kier alpha value is -2.06. The molecule has 7 nitrogen and oxygen atoms in total. The fraction of sp³-hybridized carbons (Fsp3) is 0.438. The molecule has 2 heterocycles. The second kappa shape index (κ2) is 7.67. The highest BCUT2D eigenvalue weighted by Gasteiger charge is 2.24. The van der Waals surface area contributed by atoms with Crippen molar-refractivity contribution in [3.63, 3.8) is 0 Å². The number of carbonyl (C=O) groups is 1. The number of hydrogen-bond donors (Lipinski definition) is 1. The molecule has 1 aliphatic rings. The molecule has 0 saturated carbocycles. The van der Waals surface area contributed by atoms with Gasteiger partial charge in [-0.2, -0.15) is 0 Å². The van der Waals surface area contributed by atoms with Gasteiger partial charge in [-0.25, -0.2) is 0 Å². The number of nitrogens with zero attached hydrogens (tertiary/aromatic N) is 3. The summed E-state index contributed by atoms with van der Waals surface area (Å²) in [6.07, 6.45) is 3.30. The molecule has 0 unspecified atom stereocenters. The number of ether oxygens (including phenoxy) is 2. The summed E-state index contributed by atoms with van der Waals surface area (Å²) in [5.41, 5.74) is 0.923. The van der Waals surface area contributed by atoms with E-state index in [0.717, 1.165) is 29.4 Å². The summed E-state index contributed by atoms with van der Waals surface area (Å²) in [4.78, 5) is 12.1. The normalized spacial score (nSPS) is 17.0. The van der Waals surface area contributed by atoms with Crippen LogP contribution in [0.4, 0.5) is 0 Å². The van der Waals surface area contributed by atoms with E-state index in [1.54, 1.807) is 7.11 Å². The lowest BCUT2D eigenvalue weighted by atomic mass is 10.2. The van der Waals surface area contributed by atoms with Gasteiger partial charge < -0.3 is 14.8 Å². The van der Waals surface area contributed by atoms with Gasteiger partial charge in [-0.3, -0.25) is 9.36 Å². The third-order valence-corrected chi connectivity index (χ3v) is 4.49. The molecule has 1 N–H and O–H groups in total. The highest BCUT2D eigenvalue weighted by molar-refractivity contribution is 7.98. The van der Waals surface area contributed by atoms with Crippen molar-refractivity contribution in [2.45, 2.75) is 30.6 Å². The molecule has 1 saturated heterocycles. The summed E-state index contributed by atoms with van der Waals surface area (Å²) in [7, 11) is 1.63. The summed E-state index contributed by atoms with van der Waals surface area (Å²) in [6, 6.07) is 7.64. The van der Waals surface area contributed by atoms with Crippen LogP contribution >= 0.6 is 11.8 Å². The lowest BCUT2D eigenvalue weighted by Gasteiger charge is -2.12. The predicted octanol–water partition coefficient (Wildman–Crippen LogP) is 1.79. The van der Waals surface area contributed by atoms with Crippen LogP contribution in [0, 0.1) is 0 Å². The van der Waals surface area contributed by atoms with Crippen molar-refractivity contribution in [3.05, 3.63) is 30.1 Å². The first-order valence-corrected chi connectivity index (χ1v) is 8.97. The van der Waals surface area contributed by atoms with E-state index in [9.17, 15) is 4.79 Å². The lowest BCUT2D eigenvalue weighted by molar-refractivity contribution is -0.130. The van der Waals surface area contributed by atoms with Crippen LogP contribution in [0.3, 0.4) is 0 Å². The molecule has 24 heavy (non-hydrogen) atoms. The van der Waals surface area contributed by atoms with Gasteiger partial charge in [0.1, 0.15) is 11.9 Å². The van der Waals surface area contributed by atoms with Crippen LogP contribution in [0.5, 0.6) is 5.75 Å². The Bertz CT molecular complexity index is 696. The van der Waals surface area contributed by atoms with Crippen LogP contribution in [-0.4, -0.2) is 46.7 Å². The van der Waals surface area contributed by atoms with Gasteiger partial charge >= 0.3 is 0 Å². The molecule has 1 atom stereocenters. The predicted molar refractivity (Wildman–Crippen MR) is 90.5 cm³/mol. The zero-order chi connectivity index (χ0) is 16.9. The van der Waals surface area contributed by atoms with Crippen molar-refractivity contribution in [1.29, 1.82) is 0 Å². The van der Waals surface area contributed by atoms with E-state index in [-0.39, 0.29) is 12.0 Å². The summed E-state index contributed by atoms with van der Waals surface area (Å²) in [5, 5.41) is 12.1. The zero-order valence-electron chi connectivity index (χ0n) is 13.7. The van der Waals surface area contributed by atoms with Crippen LogP contribution in [0.15, 0.2) is 29.4 Å². The van der Waals surface area contributed by atoms with E-state index >= 15 is 0 Å². The summed E-state index contributed by atoms with van der Waals surface area (Å²) < 4.78 is 12.5. The maximum Gasteiger partial charge on any atom is 0.249 e. The Labute approximate surface area is 144 Å². The van der Waals surface area contributed by atoms with E-state index in [1.807, 2.05) is 35.1 Å². The number of benzene rings is 1. The molecule has 3 rings (SSSR count). The number of methoxy groups -OCH3 is 1. The van der Waals surface area contributed by atoms with Crippen LogP contribution in [0.2, 0.25) is 0 Å². The van der Waals surface area contributed by atoms with Gasteiger partial charge in [0.05, 0.1) is 13.7 Å². The van der Waals surface area contributed by atoms with E-state index in [1.165, 1.54) is 11.8 Å². The van der Waals surface area contributed by atoms with Crippen molar-refractivity contribution in [2.24, 2.45) is 0 Å². The molecule has 8 heteroatoms. The smallest absolute Gasteiger partial charge is 0.249 e. The van der Waals surface area contributed by atoms with Crippen molar-refractivity contribution in [1.82, 2.24) is 20.1 Å². The molecule has 1 fully saturated rings. The molecule has 2 aromatic rings. The van der Waals surface area contributed by atoms with Gasteiger partial charge in [0, 0.05) is 12.3 Å². The lowest BCUT2D eigenvalue weighted by Crippen LogP contribution is -2.34. The highest BCUT2D eigenvalue weighted by atomic mass is 32.2. The van der Waals surface area contributed by atoms with Crippen molar-refractivity contribution in [2.75, 3.05) is 20.0 Å². The second-order valence-electron chi connectivity index (χ2n) is 5.36. The molecule has 1 aromatic heterocycles. The molecule has 0 bridgehead atoms. The van der Waals surface area contributed by atoms with E-state index in [2.05, 4.69) is 15.5 Å². The molecular weight excluding hydrogens is 328 g/mol. The van der Waals surface area contributed by atoms with Crippen molar-refractivity contribution < 1.29 is 14.3 Å². The summed E-state index contributed by atoms with van der Waals surface area (Å²) in [6.45, 7) is 0.953. The summed E-state index contributed by atoms with van der Waals surface area (Å²) in [5.74, 6) is 1.36. The fourth-order valence-electron chi connectivity index (χ4n) is 2.60. The Morgan fingerprint density at radius 2 is 2.21 bits per heavy atom. The van der Waals surface area contributed by atoms with E-state index < -0.39 is 0 Å². The minimum Gasteiger partial charge on any atom is -0.497 e. The Morgan fingerprint density at radius 1 is 1.42 bits per heavy atom. The molecule has 0 aliphatic carbocycles. The number of carbonyl (C=O) groups excluding carboxylic acids is 1. The third kappa shape index (κ3) is 3.54. The first kappa shape index (κ1) is 16.8. The Kier molecular flexibility index (Phi) is 5.37. The third-order valence-electron chi connectivity index (χ3n) is 3.86. The molecular formula is C16H20N4O3S. The van der Waals surface area contributed by atoms with E-state index in [0.29, 0.717) is 19.0 Å². The van der Waals surface area contributed by atoms with Gasteiger partial charge in [-0.05, 0) is 43.4 Å². The molecule has 0 radical (unpaired) electrons. The van der Waals surface area contributed by atoms with Gasteiger partial charge in [0.15, 0.2) is 11.0 Å². The topological polar surface area (TPSA) is 78.3 Å². The van der Waals surface area contributed by atoms with Crippen LogP contribution in [-0.2, 0) is 16.1 Å². The molecule has 1 aromatic carbocycles. The van der Waals surface area contributed by atoms with Gasteiger partial charge in [0.2, 0.25) is 5.91 Å². The quantitative estimate of drug-likeness (QED) is 0.802. The standard InChI is InChI=1S/C16H20N4O3S/c1-22-12-7-5-11(6-8-12)20-14(18-19-16(20)24-2)10-17-15(21)13-4-3-9-23-13/h5-8,13H,3-4,9-10H2,1-2H3,(H,17,21)/t13-/m0/s1. The van der Waals surface area contributed by atoms with Gasteiger partial charge in [-0.1, -0.05) is 11.8 Å². The van der Waals surface area contributed by atoms with Crippen LogP contribution in [0.1, 0.15) is 18.7 Å². The first-order chi connectivity index (χ1) is 11.7. The monoisotopic (exact) mass is 348 g/mol. The largest absolute Gasteiger partial charge is 0.497 e. The van der Waals surface area contributed by atoms with Crippen molar-refractivity contribution >= 4 is 17.7 Å². The highest BCUT2D eigenvalue weighted by Crippen LogP contribution is 2.22. The second-order valence-corrected chi connectivity index (χ2v) is 6.13. The number of aromatic nitrogens is 3. The molecule has 1 amide bonds. The first-order valence-electron chi connectivity index (χ1n) is 7.75. The average molecular weight is 348 g/mol. The fourth-order valence-corrected chi connectivity index (χ4v) is 3.12. The van der Waals surface area contributed by atoms with E-state index in [4.69, 9.17) is 9.47 Å². The minimum absolute atomic E-state index is 0.0949. The number of thioether (sulfide) groups is 1. The minimum atomic E-state index is -0.345. The maximum atomic E-state index is 12.1. The number of rotatable bonds is 6. The maximum absolute atomic E-state index is 12.1. The SMILES string of the molecule is COc1ccc(-n2c(CNC(=O)[C@@H]3CCCO3)nnc2SC)cc1. The van der Waals surface area contributed by atoms with Crippen LogP contribution < -0.4 is 10.1 Å². The Morgan fingerprint density at radius 3 is 2.83 bits per heavy atom. The zero-order valence-corrected chi connectivity index (χ0v) is 14.5. The molecule has 1 aliphatic heterocycles.